The fraction of sp³-hybridized carbons (Fsp3) is 0.105. The Morgan fingerprint density at radius 2 is 1.76 bits per heavy atom. The number of pyridine rings is 2. The topological polar surface area (TPSA) is 78.0 Å². The number of aromatic nitrogens is 2. The Morgan fingerprint density at radius 3 is 2.36 bits per heavy atom. The first kappa shape index (κ1) is 16.6. The molecule has 1 amide bonds. The Morgan fingerprint density at radius 1 is 1.08 bits per heavy atom. The number of rotatable bonds is 4. The summed E-state index contributed by atoms with van der Waals surface area (Å²) in [4.78, 5) is 27.9. The molecule has 0 bridgehead atoms. The Hall–Kier alpha value is -3.28. The molecule has 2 aromatic heterocycles. The Labute approximate surface area is 143 Å². The van der Waals surface area contributed by atoms with E-state index in [2.05, 4.69) is 4.98 Å². The van der Waals surface area contributed by atoms with Gasteiger partial charge in [0.1, 0.15) is 5.82 Å². The number of carbonyl (C=O) groups is 1. The standard InChI is InChI=1S/C19H16FN3O2/c1-23-17(24)9-7-15(19(21)25)18(23)16-8-4-13(11-22-16)10-12-2-5-14(20)6-3-12/h2-9,11H,10H2,1H3,(H2,21,25). The van der Waals surface area contributed by atoms with Crippen LogP contribution in [0.5, 0.6) is 0 Å². The second kappa shape index (κ2) is 6.68. The van der Waals surface area contributed by atoms with Crippen LogP contribution < -0.4 is 11.3 Å². The largest absolute Gasteiger partial charge is 0.366 e. The first-order valence-electron chi connectivity index (χ1n) is 7.65. The molecule has 3 aromatic rings. The van der Waals surface area contributed by atoms with Crippen LogP contribution in [-0.4, -0.2) is 15.5 Å². The highest BCUT2D eigenvalue weighted by Gasteiger charge is 2.15. The van der Waals surface area contributed by atoms with Crippen molar-refractivity contribution in [2.45, 2.75) is 6.42 Å². The minimum absolute atomic E-state index is 0.237. The van der Waals surface area contributed by atoms with Gasteiger partial charge in [-0.05, 0) is 41.8 Å². The van der Waals surface area contributed by atoms with Gasteiger partial charge in [-0.25, -0.2) is 4.39 Å². The van der Waals surface area contributed by atoms with Crippen LogP contribution in [0.15, 0.2) is 59.5 Å². The summed E-state index contributed by atoms with van der Waals surface area (Å²) in [5.74, 6) is -0.899. The highest BCUT2D eigenvalue weighted by atomic mass is 19.1. The molecule has 126 valence electrons. The number of nitrogens with two attached hydrogens (primary N) is 1. The van der Waals surface area contributed by atoms with Crippen LogP contribution in [0, 0.1) is 5.82 Å². The zero-order chi connectivity index (χ0) is 18.0. The van der Waals surface area contributed by atoms with Crippen molar-refractivity contribution >= 4 is 5.91 Å². The highest BCUT2D eigenvalue weighted by Crippen LogP contribution is 2.20. The number of primary amides is 1. The van der Waals surface area contributed by atoms with E-state index in [9.17, 15) is 14.0 Å². The van der Waals surface area contributed by atoms with Crippen molar-refractivity contribution in [1.29, 1.82) is 0 Å². The van der Waals surface area contributed by atoms with E-state index < -0.39 is 5.91 Å². The lowest BCUT2D eigenvalue weighted by Gasteiger charge is -2.11. The minimum Gasteiger partial charge on any atom is -0.366 e. The summed E-state index contributed by atoms with van der Waals surface area (Å²) in [6, 6.07) is 12.6. The monoisotopic (exact) mass is 337 g/mol. The molecule has 6 heteroatoms. The third-order valence-electron chi connectivity index (χ3n) is 3.97. The van der Waals surface area contributed by atoms with Crippen molar-refractivity contribution in [3.05, 3.63) is 87.6 Å². The molecule has 3 rings (SSSR count). The second-order valence-electron chi connectivity index (χ2n) is 5.71. The van der Waals surface area contributed by atoms with Gasteiger partial charge < -0.3 is 10.3 Å². The summed E-state index contributed by atoms with van der Waals surface area (Å²) in [5, 5.41) is 0. The fourth-order valence-corrected chi connectivity index (χ4v) is 2.65. The maximum atomic E-state index is 13.0. The molecule has 0 unspecified atom stereocenters. The maximum absolute atomic E-state index is 13.0. The average molecular weight is 337 g/mol. The van der Waals surface area contributed by atoms with Crippen LogP contribution in [0.1, 0.15) is 21.5 Å². The van der Waals surface area contributed by atoms with E-state index in [-0.39, 0.29) is 16.9 Å². The van der Waals surface area contributed by atoms with Crippen LogP contribution in [0.25, 0.3) is 11.4 Å². The smallest absolute Gasteiger partial charge is 0.250 e. The van der Waals surface area contributed by atoms with Gasteiger partial charge in [0.05, 0.1) is 17.0 Å². The van der Waals surface area contributed by atoms with E-state index in [1.165, 1.54) is 28.8 Å². The number of amides is 1. The van der Waals surface area contributed by atoms with Gasteiger partial charge in [-0.2, -0.15) is 0 Å². The third-order valence-corrected chi connectivity index (χ3v) is 3.97. The zero-order valence-corrected chi connectivity index (χ0v) is 13.6. The summed E-state index contributed by atoms with van der Waals surface area (Å²) in [7, 11) is 1.57. The minimum atomic E-state index is -0.622. The molecule has 0 saturated heterocycles. The summed E-state index contributed by atoms with van der Waals surface area (Å²) in [5.41, 5.74) is 8.14. The number of carbonyl (C=O) groups excluding carboxylic acids is 1. The molecule has 5 nitrogen and oxygen atoms in total. The van der Waals surface area contributed by atoms with Crippen LogP contribution in [0.2, 0.25) is 0 Å². The van der Waals surface area contributed by atoms with Crippen molar-refractivity contribution in [2.24, 2.45) is 12.8 Å². The van der Waals surface area contributed by atoms with Crippen molar-refractivity contribution in [1.82, 2.24) is 9.55 Å². The van der Waals surface area contributed by atoms with Gasteiger partial charge in [0.2, 0.25) is 0 Å². The maximum Gasteiger partial charge on any atom is 0.250 e. The molecule has 0 atom stereocenters. The van der Waals surface area contributed by atoms with E-state index in [1.54, 1.807) is 31.4 Å². The molecular formula is C19H16FN3O2. The molecule has 1 aromatic carbocycles. The molecule has 25 heavy (non-hydrogen) atoms. The molecule has 0 radical (unpaired) electrons. The van der Waals surface area contributed by atoms with E-state index in [0.29, 0.717) is 17.8 Å². The van der Waals surface area contributed by atoms with Gasteiger partial charge >= 0.3 is 0 Å². The fourth-order valence-electron chi connectivity index (χ4n) is 2.65. The quantitative estimate of drug-likeness (QED) is 0.793. The van der Waals surface area contributed by atoms with Gasteiger partial charge in [0, 0.05) is 19.3 Å². The van der Waals surface area contributed by atoms with Crippen molar-refractivity contribution in [3.8, 4) is 11.4 Å². The molecule has 0 spiro atoms. The van der Waals surface area contributed by atoms with Gasteiger partial charge in [-0.15, -0.1) is 0 Å². The summed E-state index contributed by atoms with van der Waals surface area (Å²) in [6.45, 7) is 0. The SMILES string of the molecule is Cn1c(-c2ccc(Cc3ccc(F)cc3)cn2)c(C(N)=O)ccc1=O. The van der Waals surface area contributed by atoms with E-state index >= 15 is 0 Å². The first-order chi connectivity index (χ1) is 12.0. The number of halogens is 1. The van der Waals surface area contributed by atoms with Crippen molar-refractivity contribution in [3.63, 3.8) is 0 Å². The molecule has 0 aliphatic carbocycles. The van der Waals surface area contributed by atoms with Gasteiger partial charge in [0.25, 0.3) is 11.5 Å². The third kappa shape index (κ3) is 3.47. The number of nitrogens with zero attached hydrogens (tertiary/aromatic N) is 2. The van der Waals surface area contributed by atoms with Gasteiger partial charge in [-0.3, -0.25) is 14.6 Å². The van der Waals surface area contributed by atoms with E-state index in [0.717, 1.165) is 11.1 Å². The average Bonchev–Trinajstić information content (AvgIpc) is 2.60. The predicted molar refractivity (Wildman–Crippen MR) is 92.6 cm³/mol. The molecule has 2 N–H and O–H groups in total. The summed E-state index contributed by atoms with van der Waals surface area (Å²) in [6.07, 6.45) is 2.27. The molecule has 0 aliphatic heterocycles. The van der Waals surface area contributed by atoms with Crippen molar-refractivity contribution in [2.75, 3.05) is 0 Å². The number of benzene rings is 1. The van der Waals surface area contributed by atoms with E-state index in [1.807, 2.05) is 6.07 Å². The predicted octanol–water partition coefficient (Wildman–Crippen LogP) is 2.28. The lowest BCUT2D eigenvalue weighted by atomic mass is 10.0. The second-order valence-corrected chi connectivity index (χ2v) is 5.71. The zero-order valence-electron chi connectivity index (χ0n) is 13.6. The van der Waals surface area contributed by atoms with Crippen LogP contribution in [0.4, 0.5) is 4.39 Å². The molecule has 0 fully saturated rings. The molecule has 2 heterocycles. The Kier molecular flexibility index (Phi) is 4.43. The summed E-state index contributed by atoms with van der Waals surface area (Å²) >= 11 is 0. The molecule has 0 saturated carbocycles. The number of hydrogen-bond acceptors (Lipinski definition) is 3. The van der Waals surface area contributed by atoms with Gasteiger partial charge in [0.15, 0.2) is 0 Å². The lowest BCUT2D eigenvalue weighted by Crippen LogP contribution is -2.23. The molecular weight excluding hydrogens is 321 g/mol. The van der Waals surface area contributed by atoms with Crippen LogP contribution >= 0.6 is 0 Å². The summed E-state index contributed by atoms with van der Waals surface area (Å²) < 4.78 is 14.3. The Bertz CT molecular complexity index is 977. The number of hydrogen-bond donors (Lipinski definition) is 1. The lowest BCUT2D eigenvalue weighted by molar-refractivity contribution is 0.1000. The molecule has 0 aliphatic rings. The van der Waals surface area contributed by atoms with Crippen molar-refractivity contribution < 1.29 is 9.18 Å². The highest BCUT2D eigenvalue weighted by molar-refractivity contribution is 5.98. The van der Waals surface area contributed by atoms with Gasteiger partial charge in [-0.1, -0.05) is 18.2 Å². The van der Waals surface area contributed by atoms with Crippen LogP contribution in [0.3, 0.4) is 0 Å². The normalized spacial score (nSPS) is 10.6. The van der Waals surface area contributed by atoms with E-state index in [4.69, 9.17) is 5.73 Å². The van der Waals surface area contributed by atoms with Crippen LogP contribution in [-0.2, 0) is 13.5 Å². The first-order valence-corrected chi connectivity index (χ1v) is 7.65. The Balaban J connectivity index is 1.95.